The number of nitro benzene ring substituents is 1. The molecule has 0 saturated heterocycles. The fraction of sp³-hybridized carbons (Fsp3) is 0.208. The summed E-state index contributed by atoms with van der Waals surface area (Å²) < 4.78 is 36.1. The summed E-state index contributed by atoms with van der Waals surface area (Å²) in [5, 5.41) is 14.6. The van der Waals surface area contributed by atoms with E-state index in [-0.39, 0.29) is 16.0 Å². The fourth-order valence-corrected chi connectivity index (χ4v) is 3.76. The van der Waals surface area contributed by atoms with Crippen LogP contribution < -0.4 is 14.3 Å². The maximum Gasteiger partial charge on any atom is 0.276 e. The molecule has 0 fully saturated rings. The Balaban J connectivity index is 1.70. The van der Waals surface area contributed by atoms with E-state index in [1.54, 1.807) is 42.5 Å². The normalized spacial score (nSPS) is 11.9. The predicted molar refractivity (Wildman–Crippen MR) is 129 cm³/mol. The lowest BCUT2D eigenvalue weighted by Crippen LogP contribution is -2.19. The SMILES string of the molecule is COc1cc(/C=N\NS(=O)(=O)c2ccc(C(C)(C)C)cc2)ccc1Oc1ccc([N+](=O)[O-])cc1. The van der Waals surface area contributed by atoms with E-state index in [1.807, 2.05) is 0 Å². The lowest BCUT2D eigenvalue weighted by atomic mass is 9.87. The van der Waals surface area contributed by atoms with Crippen LogP contribution in [-0.4, -0.2) is 26.7 Å². The van der Waals surface area contributed by atoms with E-state index in [1.165, 1.54) is 37.6 Å². The second kappa shape index (κ2) is 9.92. The monoisotopic (exact) mass is 483 g/mol. The van der Waals surface area contributed by atoms with E-state index < -0.39 is 14.9 Å². The number of non-ortho nitro benzene ring substituents is 1. The highest BCUT2D eigenvalue weighted by atomic mass is 32.2. The first-order valence-corrected chi connectivity index (χ1v) is 11.7. The maximum atomic E-state index is 12.5. The van der Waals surface area contributed by atoms with Gasteiger partial charge in [0.05, 0.1) is 23.1 Å². The summed E-state index contributed by atoms with van der Waals surface area (Å²) in [6, 6.07) is 17.2. The van der Waals surface area contributed by atoms with E-state index in [9.17, 15) is 18.5 Å². The fourth-order valence-electron chi connectivity index (χ4n) is 2.97. The Kier molecular flexibility index (Phi) is 7.21. The summed E-state index contributed by atoms with van der Waals surface area (Å²) in [5.41, 5.74) is 1.47. The van der Waals surface area contributed by atoms with Gasteiger partial charge in [-0.2, -0.15) is 13.5 Å². The quantitative estimate of drug-likeness (QED) is 0.273. The third kappa shape index (κ3) is 6.10. The lowest BCUT2D eigenvalue weighted by molar-refractivity contribution is -0.384. The van der Waals surface area contributed by atoms with Gasteiger partial charge in [-0.05, 0) is 59.0 Å². The van der Waals surface area contributed by atoms with Gasteiger partial charge in [-0.15, -0.1) is 0 Å². The van der Waals surface area contributed by atoms with Crippen molar-refractivity contribution in [3.63, 3.8) is 0 Å². The van der Waals surface area contributed by atoms with Crippen molar-refractivity contribution in [1.82, 2.24) is 4.83 Å². The van der Waals surface area contributed by atoms with Gasteiger partial charge < -0.3 is 9.47 Å². The van der Waals surface area contributed by atoms with Gasteiger partial charge in [-0.1, -0.05) is 32.9 Å². The standard InChI is InChI=1S/C24H25N3O6S/c1-24(2,3)18-6-12-21(13-7-18)34(30,31)26-25-16-17-5-14-22(23(15-17)32-4)33-20-10-8-19(9-11-20)27(28)29/h5-16,26H,1-4H3/b25-16-. The first-order chi connectivity index (χ1) is 16.0. The molecule has 3 aromatic rings. The smallest absolute Gasteiger partial charge is 0.276 e. The van der Waals surface area contributed by atoms with Crippen molar-refractivity contribution in [3.05, 3.63) is 88.0 Å². The number of hydrazone groups is 1. The molecule has 3 rings (SSSR count). The molecule has 0 aromatic heterocycles. The van der Waals surface area contributed by atoms with Crippen LogP contribution >= 0.6 is 0 Å². The molecule has 1 N–H and O–H groups in total. The van der Waals surface area contributed by atoms with Crippen molar-refractivity contribution >= 4 is 21.9 Å². The van der Waals surface area contributed by atoms with E-state index >= 15 is 0 Å². The highest BCUT2D eigenvalue weighted by Crippen LogP contribution is 2.32. The minimum atomic E-state index is -3.82. The van der Waals surface area contributed by atoms with Crippen LogP contribution in [0.5, 0.6) is 17.2 Å². The van der Waals surface area contributed by atoms with Crippen molar-refractivity contribution in [2.45, 2.75) is 31.1 Å². The number of hydrogen-bond donors (Lipinski definition) is 1. The van der Waals surface area contributed by atoms with Crippen LogP contribution in [0.3, 0.4) is 0 Å². The van der Waals surface area contributed by atoms with E-state index in [0.717, 1.165) is 5.56 Å². The number of sulfonamides is 1. The van der Waals surface area contributed by atoms with Gasteiger partial charge in [0.1, 0.15) is 5.75 Å². The second-order valence-corrected chi connectivity index (χ2v) is 10.1. The van der Waals surface area contributed by atoms with Gasteiger partial charge in [0.15, 0.2) is 11.5 Å². The molecule has 178 valence electrons. The zero-order valence-electron chi connectivity index (χ0n) is 19.2. The molecule has 9 nitrogen and oxygen atoms in total. The summed E-state index contributed by atoms with van der Waals surface area (Å²) >= 11 is 0. The van der Waals surface area contributed by atoms with Crippen LogP contribution in [0.2, 0.25) is 0 Å². The van der Waals surface area contributed by atoms with Crippen LogP contribution in [0, 0.1) is 10.1 Å². The molecular weight excluding hydrogens is 458 g/mol. The van der Waals surface area contributed by atoms with Crippen molar-refractivity contribution in [2.75, 3.05) is 7.11 Å². The summed E-state index contributed by atoms with van der Waals surface area (Å²) in [4.78, 5) is 12.6. The van der Waals surface area contributed by atoms with Crippen LogP contribution in [0.15, 0.2) is 76.7 Å². The van der Waals surface area contributed by atoms with Crippen molar-refractivity contribution < 1.29 is 22.8 Å². The topological polar surface area (TPSA) is 120 Å². The highest BCUT2D eigenvalue weighted by Gasteiger charge is 2.17. The number of benzene rings is 3. The Hall–Kier alpha value is -3.92. The Morgan fingerprint density at radius 1 is 0.971 bits per heavy atom. The second-order valence-electron chi connectivity index (χ2n) is 8.39. The molecule has 0 atom stereocenters. The molecule has 0 saturated carbocycles. The van der Waals surface area contributed by atoms with Crippen LogP contribution in [-0.2, 0) is 15.4 Å². The zero-order chi connectivity index (χ0) is 24.9. The Morgan fingerprint density at radius 3 is 2.18 bits per heavy atom. The van der Waals surface area contributed by atoms with Crippen molar-refractivity contribution in [3.8, 4) is 17.2 Å². The van der Waals surface area contributed by atoms with Crippen molar-refractivity contribution in [2.24, 2.45) is 5.10 Å². The average molecular weight is 484 g/mol. The van der Waals surface area contributed by atoms with E-state index in [0.29, 0.717) is 22.8 Å². The molecule has 0 bridgehead atoms. The largest absolute Gasteiger partial charge is 0.493 e. The van der Waals surface area contributed by atoms with Gasteiger partial charge in [-0.3, -0.25) is 10.1 Å². The Bertz CT molecular complexity index is 1300. The molecule has 10 heteroatoms. The summed E-state index contributed by atoms with van der Waals surface area (Å²) in [6.07, 6.45) is 1.35. The molecule has 0 aliphatic heterocycles. The first-order valence-electron chi connectivity index (χ1n) is 10.3. The number of nitro groups is 1. The Labute approximate surface area is 198 Å². The van der Waals surface area contributed by atoms with Crippen LogP contribution in [0.1, 0.15) is 31.9 Å². The summed E-state index contributed by atoms with van der Waals surface area (Å²) in [7, 11) is -2.36. The molecule has 0 radical (unpaired) electrons. The van der Waals surface area contributed by atoms with E-state index in [4.69, 9.17) is 9.47 Å². The van der Waals surface area contributed by atoms with Crippen LogP contribution in [0.4, 0.5) is 5.69 Å². The molecular formula is C24H25N3O6S. The van der Waals surface area contributed by atoms with Crippen LogP contribution in [0.25, 0.3) is 0 Å². The minimum Gasteiger partial charge on any atom is -0.493 e. The van der Waals surface area contributed by atoms with Gasteiger partial charge in [0.2, 0.25) is 0 Å². The number of methoxy groups -OCH3 is 1. The zero-order valence-corrected chi connectivity index (χ0v) is 20.0. The molecule has 0 aliphatic rings. The Morgan fingerprint density at radius 2 is 1.62 bits per heavy atom. The van der Waals surface area contributed by atoms with Crippen molar-refractivity contribution in [1.29, 1.82) is 0 Å². The van der Waals surface area contributed by atoms with Gasteiger partial charge in [-0.25, -0.2) is 4.83 Å². The third-order valence-corrected chi connectivity index (χ3v) is 6.12. The molecule has 0 spiro atoms. The number of nitrogens with one attached hydrogen (secondary N) is 1. The average Bonchev–Trinajstić information content (AvgIpc) is 2.79. The molecule has 0 aliphatic carbocycles. The highest BCUT2D eigenvalue weighted by molar-refractivity contribution is 7.89. The maximum absolute atomic E-state index is 12.5. The molecule has 34 heavy (non-hydrogen) atoms. The number of hydrogen-bond acceptors (Lipinski definition) is 7. The third-order valence-electron chi connectivity index (χ3n) is 4.88. The molecule has 0 unspecified atom stereocenters. The number of ether oxygens (including phenoxy) is 2. The van der Waals surface area contributed by atoms with E-state index in [2.05, 4.69) is 30.7 Å². The van der Waals surface area contributed by atoms with Gasteiger partial charge >= 0.3 is 0 Å². The lowest BCUT2D eigenvalue weighted by Gasteiger charge is -2.19. The first kappa shape index (κ1) is 24.7. The van der Waals surface area contributed by atoms with Gasteiger partial charge in [0.25, 0.3) is 15.7 Å². The number of nitrogens with zero attached hydrogens (tertiary/aromatic N) is 2. The predicted octanol–water partition coefficient (Wildman–Crippen LogP) is 5.01. The summed E-state index contributed by atoms with van der Waals surface area (Å²) in [5.74, 6) is 1.16. The molecule has 0 amide bonds. The minimum absolute atomic E-state index is 0.0431. The molecule has 3 aromatic carbocycles. The molecule has 0 heterocycles. The summed E-state index contributed by atoms with van der Waals surface area (Å²) in [6.45, 7) is 6.15. The number of rotatable bonds is 8. The van der Waals surface area contributed by atoms with Gasteiger partial charge in [0, 0.05) is 12.1 Å².